The number of amides is 1. The first-order chi connectivity index (χ1) is 15.4. The lowest BCUT2D eigenvalue weighted by Crippen LogP contribution is -2.34. The van der Waals surface area contributed by atoms with Crippen molar-refractivity contribution in [2.45, 2.75) is 45.6 Å². The van der Waals surface area contributed by atoms with Crippen molar-refractivity contribution in [1.82, 2.24) is 9.88 Å². The number of rotatable bonds is 3. The molecule has 1 amide bonds. The van der Waals surface area contributed by atoms with Crippen LogP contribution in [0.2, 0.25) is 0 Å². The van der Waals surface area contributed by atoms with Crippen molar-refractivity contribution in [2.75, 3.05) is 24.7 Å². The Morgan fingerprint density at radius 3 is 2.69 bits per heavy atom. The van der Waals surface area contributed by atoms with E-state index in [1.807, 2.05) is 13.0 Å². The summed E-state index contributed by atoms with van der Waals surface area (Å²) in [6, 6.07) is 15.4. The van der Waals surface area contributed by atoms with Crippen LogP contribution in [0.4, 0.5) is 17.1 Å². The van der Waals surface area contributed by atoms with Crippen molar-refractivity contribution < 1.29 is 4.79 Å². The van der Waals surface area contributed by atoms with Gasteiger partial charge in [-0.3, -0.25) is 9.78 Å². The lowest BCUT2D eigenvalue weighted by Gasteiger charge is -2.30. The number of nitrogens with zero attached hydrogens (tertiary/aromatic N) is 2. The topological polar surface area (TPSA) is 57.3 Å². The van der Waals surface area contributed by atoms with E-state index in [-0.39, 0.29) is 5.91 Å². The number of anilines is 3. The molecule has 164 valence electrons. The van der Waals surface area contributed by atoms with Gasteiger partial charge in [0.25, 0.3) is 0 Å². The van der Waals surface area contributed by atoms with Gasteiger partial charge in [-0.25, -0.2) is 0 Å². The molecule has 2 N–H and O–H groups in total. The molecule has 2 aliphatic rings. The maximum atomic E-state index is 12.4. The van der Waals surface area contributed by atoms with Crippen LogP contribution in [-0.4, -0.2) is 35.9 Å². The Morgan fingerprint density at radius 2 is 1.88 bits per heavy atom. The number of nitrogens with one attached hydrogen (secondary N) is 2. The average molecular weight is 427 g/mol. The number of fused-ring (bicyclic) bond motifs is 4. The smallest absolute Gasteiger partial charge is 0.228 e. The molecule has 1 atom stereocenters. The van der Waals surface area contributed by atoms with Crippen LogP contribution >= 0.6 is 0 Å². The standard InChI is InChI=1S/C27H30N4O/c1-16-5-9-22-23-15-20(7-6-18(23)14-27(32)30-26(22)11-16)29-25-13-19-12-21(31(3)4)8-10-24(19)28-17(25)2/h5-7,9,11,13,15,21,29H,8,10,12,14H2,1-4H3,(H,30,32). The van der Waals surface area contributed by atoms with E-state index in [0.29, 0.717) is 12.5 Å². The summed E-state index contributed by atoms with van der Waals surface area (Å²) in [5.41, 5.74) is 10.9. The summed E-state index contributed by atoms with van der Waals surface area (Å²) in [5, 5.41) is 6.67. The molecular weight excluding hydrogens is 396 g/mol. The minimum absolute atomic E-state index is 0.0292. The van der Waals surface area contributed by atoms with Crippen molar-refractivity contribution in [3.05, 3.63) is 70.5 Å². The van der Waals surface area contributed by atoms with E-state index < -0.39 is 0 Å². The molecule has 5 nitrogen and oxygen atoms in total. The fourth-order valence-electron chi connectivity index (χ4n) is 4.89. The number of carbonyl (C=O) groups excluding carboxylic acids is 1. The van der Waals surface area contributed by atoms with Gasteiger partial charge in [0.15, 0.2) is 0 Å². The van der Waals surface area contributed by atoms with Gasteiger partial charge in [0.2, 0.25) is 5.91 Å². The molecule has 2 heterocycles. The van der Waals surface area contributed by atoms with E-state index >= 15 is 0 Å². The number of pyridine rings is 1. The number of hydrogen-bond donors (Lipinski definition) is 2. The molecule has 0 bridgehead atoms. The molecule has 5 heteroatoms. The number of likely N-dealkylation sites (N-methyl/N-ethyl adjacent to an activating group) is 1. The Bertz CT molecular complexity index is 1210. The molecule has 5 rings (SSSR count). The van der Waals surface area contributed by atoms with E-state index in [2.05, 4.69) is 73.0 Å². The zero-order valence-electron chi connectivity index (χ0n) is 19.2. The Balaban J connectivity index is 1.50. The van der Waals surface area contributed by atoms with Crippen molar-refractivity contribution in [3.63, 3.8) is 0 Å². The van der Waals surface area contributed by atoms with Crippen LogP contribution in [0, 0.1) is 13.8 Å². The predicted molar refractivity (Wildman–Crippen MR) is 131 cm³/mol. The highest BCUT2D eigenvalue weighted by Crippen LogP contribution is 2.37. The summed E-state index contributed by atoms with van der Waals surface area (Å²) in [4.78, 5) is 19.7. The van der Waals surface area contributed by atoms with Crippen molar-refractivity contribution >= 4 is 23.0 Å². The van der Waals surface area contributed by atoms with E-state index in [1.54, 1.807) is 0 Å². The van der Waals surface area contributed by atoms with Crippen LogP contribution < -0.4 is 10.6 Å². The van der Waals surface area contributed by atoms with Gasteiger partial charge in [-0.2, -0.15) is 0 Å². The molecule has 0 saturated heterocycles. The second-order valence-electron chi connectivity index (χ2n) is 9.36. The van der Waals surface area contributed by atoms with Crippen LogP contribution in [0.5, 0.6) is 0 Å². The van der Waals surface area contributed by atoms with Crippen LogP contribution in [-0.2, 0) is 24.1 Å². The van der Waals surface area contributed by atoms with Gasteiger partial charge < -0.3 is 15.5 Å². The lowest BCUT2D eigenvalue weighted by atomic mass is 9.90. The largest absolute Gasteiger partial charge is 0.354 e. The fourth-order valence-corrected chi connectivity index (χ4v) is 4.89. The summed E-state index contributed by atoms with van der Waals surface area (Å²) in [6.45, 7) is 4.12. The fraction of sp³-hybridized carbons (Fsp3) is 0.333. The molecule has 0 fully saturated rings. The molecule has 1 unspecified atom stereocenters. The quantitative estimate of drug-likeness (QED) is 0.617. The highest BCUT2D eigenvalue weighted by molar-refractivity contribution is 6.01. The van der Waals surface area contributed by atoms with Crippen LogP contribution in [0.15, 0.2) is 42.5 Å². The number of aryl methyl sites for hydroxylation is 3. The molecular formula is C27H30N4O. The van der Waals surface area contributed by atoms with Crippen molar-refractivity contribution in [1.29, 1.82) is 0 Å². The molecule has 1 aromatic heterocycles. The highest BCUT2D eigenvalue weighted by atomic mass is 16.1. The highest BCUT2D eigenvalue weighted by Gasteiger charge is 2.23. The van der Waals surface area contributed by atoms with Gasteiger partial charge in [-0.15, -0.1) is 0 Å². The maximum absolute atomic E-state index is 12.4. The first-order valence-electron chi connectivity index (χ1n) is 11.3. The normalized spacial score (nSPS) is 17.2. The van der Waals surface area contributed by atoms with Crippen molar-refractivity contribution in [2.24, 2.45) is 0 Å². The predicted octanol–water partition coefficient (Wildman–Crippen LogP) is 5.02. The minimum atomic E-state index is 0.0292. The Kier molecular flexibility index (Phi) is 5.22. The summed E-state index contributed by atoms with van der Waals surface area (Å²) in [7, 11) is 4.32. The third-order valence-electron chi connectivity index (χ3n) is 6.76. The molecule has 0 saturated carbocycles. The maximum Gasteiger partial charge on any atom is 0.228 e. The van der Waals surface area contributed by atoms with Crippen LogP contribution in [0.25, 0.3) is 11.1 Å². The second-order valence-corrected chi connectivity index (χ2v) is 9.36. The van der Waals surface area contributed by atoms with Gasteiger partial charge in [0, 0.05) is 28.7 Å². The summed E-state index contributed by atoms with van der Waals surface area (Å²) < 4.78 is 0. The van der Waals surface area contributed by atoms with Crippen molar-refractivity contribution in [3.8, 4) is 11.1 Å². The Morgan fingerprint density at radius 1 is 1.03 bits per heavy atom. The third-order valence-corrected chi connectivity index (χ3v) is 6.76. The molecule has 32 heavy (non-hydrogen) atoms. The van der Waals surface area contributed by atoms with Gasteiger partial charge in [-0.05, 0) is 93.7 Å². The number of benzene rings is 2. The molecule has 0 radical (unpaired) electrons. The molecule has 0 spiro atoms. The molecule has 3 aromatic rings. The first-order valence-corrected chi connectivity index (χ1v) is 11.3. The van der Waals surface area contributed by atoms with Crippen LogP contribution in [0.1, 0.15) is 34.5 Å². The van der Waals surface area contributed by atoms with Gasteiger partial charge >= 0.3 is 0 Å². The monoisotopic (exact) mass is 426 g/mol. The zero-order valence-corrected chi connectivity index (χ0v) is 19.2. The lowest BCUT2D eigenvalue weighted by molar-refractivity contribution is -0.115. The Hall–Kier alpha value is -3.18. The van der Waals surface area contributed by atoms with E-state index in [1.165, 1.54) is 11.3 Å². The van der Waals surface area contributed by atoms with Gasteiger partial charge in [0.05, 0.1) is 17.8 Å². The Labute approximate surface area is 189 Å². The first kappa shape index (κ1) is 20.7. The number of hydrogen-bond acceptors (Lipinski definition) is 4. The minimum Gasteiger partial charge on any atom is -0.354 e. The SMILES string of the molecule is Cc1ccc2c(c1)NC(=O)Cc1ccc(Nc3cc4c(nc3C)CCC(N(C)C)C4)cc1-2. The third kappa shape index (κ3) is 3.89. The summed E-state index contributed by atoms with van der Waals surface area (Å²) >= 11 is 0. The van der Waals surface area contributed by atoms with Gasteiger partial charge in [-0.1, -0.05) is 18.2 Å². The van der Waals surface area contributed by atoms with E-state index in [4.69, 9.17) is 4.98 Å². The van der Waals surface area contributed by atoms with E-state index in [9.17, 15) is 4.79 Å². The number of aromatic nitrogens is 1. The van der Waals surface area contributed by atoms with E-state index in [0.717, 1.165) is 64.3 Å². The van der Waals surface area contributed by atoms with Crippen LogP contribution in [0.3, 0.4) is 0 Å². The summed E-state index contributed by atoms with van der Waals surface area (Å²) in [5.74, 6) is 0.0292. The van der Waals surface area contributed by atoms with Gasteiger partial charge in [0.1, 0.15) is 0 Å². The second kappa shape index (κ2) is 8.06. The average Bonchev–Trinajstić information content (AvgIpc) is 2.88. The summed E-state index contributed by atoms with van der Waals surface area (Å²) in [6.07, 6.45) is 3.62. The molecule has 2 aromatic carbocycles. The molecule has 1 aliphatic heterocycles. The zero-order chi connectivity index (χ0) is 22.4. The molecule has 1 aliphatic carbocycles. The number of carbonyl (C=O) groups is 1.